The molecule has 0 aliphatic heterocycles. The summed E-state index contributed by atoms with van der Waals surface area (Å²) < 4.78 is 5.36. The molecule has 1 fully saturated rings. The monoisotopic (exact) mass is 394 g/mol. The van der Waals surface area contributed by atoms with E-state index in [2.05, 4.69) is 0 Å². The zero-order valence-electron chi connectivity index (χ0n) is 17.7. The number of ether oxygens (including phenoxy) is 1. The molecule has 1 aromatic carbocycles. The standard InChI is InChI=1S/C16H20O3.C6H14O3/c1-9-5-15(19-4)10(2)11(3)16(9)12-6-13(17)8-14(18)7-12;1-2-6(3-7,4-8)5-9/h5,12H,6-8H2,1-4H3;7-9H,2-5H2,1H3. The number of carbonyl (C=O) groups is 2. The third-order valence-electron chi connectivity index (χ3n) is 5.84. The normalized spacial score (nSPS) is 15.3. The van der Waals surface area contributed by atoms with Crippen LogP contribution >= 0.6 is 0 Å². The largest absolute Gasteiger partial charge is 0.496 e. The second kappa shape index (κ2) is 10.7. The molecule has 0 bridgehead atoms. The maximum Gasteiger partial charge on any atom is 0.140 e. The molecule has 1 saturated carbocycles. The van der Waals surface area contributed by atoms with Crippen LogP contribution in [0.2, 0.25) is 0 Å². The molecule has 0 atom stereocenters. The molecule has 6 nitrogen and oxygen atoms in total. The minimum Gasteiger partial charge on any atom is -0.496 e. The summed E-state index contributed by atoms with van der Waals surface area (Å²) in [6.45, 7) is 7.44. The molecule has 1 aliphatic carbocycles. The van der Waals surface area contributed by atoms with Gasteiger partial charge in [-0.2, -0.15) is 0 Å². The van der Waals surface area contributed by atoms with Crippen LogP contribution in [0, 0.1) is 26.2 Å². The van der Waals surface area contributed by atoms with E-state index in [1.807, 2.05) is 33.8 Å². The predicted octanol–water partition coefficient (Wildman–Crippen LogP) is 2.39. The van der Waals surface area contributed by atoms with Gasteiger partial charge in [0.15, 0.2) is 0 Å². The van der Waals surface area contributed by atoms with E-state index in [-0.39, 0.29) is 43.7 Å². The number of benzene rings is 1. The van der Waals surface area contributed by atoms with Crippen LogP contribution in [0.5, 0.6) is 5.75 Å². The molecule has 28 heavy (non-hydrogen) atoms. The second-order valence-corrected chi connectivity index (χ2v) is 7.75. The van der Waals surface area contributed by atoms with Gasteiger partial charge in [0.25, 0.3) is 0 Å². The topological polar surface area (TPSA) is 104 Å². The van der Waals surface area contributed by atoms with Gasteiger partial charge in [-0.3, -0.25) is 9.59 Å². The van der Waals surface area contributed by atoms with Gasteiger partial charge >= 0.3 is 0 Å². The number of hydrogen-bond donors (Lipinski definition) is 3. The Morgan fingerprint density at radius 3 is 1.86 bits per heavy atom. The van der Waals surface area contributed by atoms with E-state index in [1.165, 1.54) is 0 Å². The zero-order chi connectivity index (χ0) is 21.5. The SMILES string of the molecule is CCC(CO)(CO)CO.COc1cc(C)c(C2CC(=O)CC(=O)C2)c(C)c1C. The highest BCUT2D eigenvalue weighted by atomic mass is 16.5. The number of ketones is 2. The zero-order valence-corrected chi connectivity index (χ0v) is 17.7. The summed E-state index contributed by atoms with van der Waals surface area (Å²) >= 11 is 0. The first kappa shape index (κ1) is 24.3. The molecule has 1 aromatic rings. The van der Waals surface area contributed by atoms with Gasteiger partial charge in [-0.05, 0) is 61.4 Å². The molecule has 0 amide bonds. The molecule has 3 N–H and O–H groups in total. The van der Waals surface area contributed by atoms with Crippen molar-refractivity contribution < 1.29 is 29.6 Å². The summed E-state index contributed by atoms with van der Waals surface area (Å²) in [7, 11) is 1.66. The smallest absolute Gasteiger partial charge is 0.140 e. The van der Waals surface area contributed by atoms with Gasteiger partial charge in [-0.25, -0.2) is 0 Å². The predicted molar refractivity (Wildman–Crippen MR) is 108 cm³/mol. The van der Waals surface area contributed by atoms with E-state index in [4.69, 9.17) is 20.1 Å². The lowest BCUT2D eigenvalue weighted by Gasteiger charge is -2.25. The summed E-state index contributed by atoms with van der Waals surface area (Å²) in [5.41, 5.74) is 3.82. The third-order valence-corrected chi connectivity index (χ3v) is 5.84. The van der Waals surface area contributed by atoms with Gasteiger partial charge in [0.2, 0.25) is 0 Å². The number of hydrogen-bond acceptors (Lipinski definition) is 6. The average molecular weight is 395 g/mol. The van der Waals surface area contributed by atoms with E-state index < -0.39 is 5.41 Å². The van der Waals surface area contributed by atoms with E-state index in [9.17, 15) is 9.59 Å². The first-order chi connectivity index (χ1) is 13.2. The minimum atomic E-state index is -0.667. The van der Waals surface area contributed by atoms with Crippen molar-refractivity contribution >= 4 is 11.6 Å². The van der Waals surface area contributed by atoms with Crippen molar-refractivity contribution in [1.82, 2.24) is 0 Å². The molecule has 0 spiro atoms. The summed E-state index contributed by atoms with van der Waals surface area (Å²) in [4.78, 5) is 23.3. The van der Waals surface area contributed by atoms with E-state index in [0.29, 0.717) is 19.3 Å². The first-order valence-electron chi connectivity index (χ1n) is 9.69. The lowest BCUT2D eigenvalue weighted by molar-refractivity contribution is -0.130. The average Bonchev–Trinajstić information content (AvgIpc) is 2.67. The van der Waals surface area contributed by atoms with Crippen LogP contribution in [0.4, 0.5) is 0 Å². The van der Waals surface area contributed by atoms with Gasteiger partial charge in [0, 0.05) is 18.3 Å². The number of Topliss-reactive ketones (excluding diaryl/α,β-unsaturated/α-hetero) is 2. The van der Waals surface area contributed by atoms with Crippen molar-refractivity contribution in [3.05, 3.63) is 28.3 Å². The highest BCUT2D eigenvalue weighted by Gasteiger charge is 2.29. The Kier molecular flexibility index (Phi) is 9.27. The van der Waals surface area contributed by atoms with Crippen LogP contribution < -0.4 is 4.74 Å². The van der Waals surface area contributed by atoms with Crippen LogP contribution in [0.15, 0.2) is 6.07 Å². The van der Waals surface area contributed by atoms with Crippen LogP contribution in [-0.4, -0.2) is 53.8 Å². The van der Waals surface area contributed by atoms with Crippen molar-refractivity contribution in [3.63, 3.8) is 0 Å². The lowest BCUT2D eigenvalue weighted by atomic mass is 9.78. The maximum atomic E-state index is 11.6. The lowest BCUT2D eigenvalue weighted by Crippen LogP contribution is -2.32. The van der Waals surface area contributed by atoms with E-state index >= 15 is 0 Å². The molecule has 6 heteroatoms. The van der Waals surface area contributed by atoms with Crippen molar-refractivity contribution in [2.24, 2.45) is 5.41 Å². The fraction of sp³-hybridized carbons (Fsp3) is 0.636. The number of methoxy groups -OCH3 is 1. The molecule has 0 unspecified atom stereocenters. The maximum absolute atomic E-state index is 11.6. The van der Waals surface area contributed by atoms with Crippen LogP contribution in [0.1, 0.15) is 60.8 Å². The summed E-state index contributed by atoms with van der Waals surface area (Å²) in [6, 6.07) is 2.00. The minimum absolute atomic E-state index is 0.0401. The second-order valence-electron chi connectivity index (χ2n) is 7.75. The van der Waals surface area contributed by atoms with Crippen molar-refractivity contribution in [3.8, 4) is 5.75 Å². The Balaban J connectivity index is 0.000000370. The number of aliphatic hydroxyl groups is 3. The Morgan fingerprint density at radius 1 is 1.00 bits per heavy atom. The molecule has 1 aliphatic rings. The van der Waals surface area contributed by atoms with E-state index in [1.54, 1.807) is 7.11 Å². The van der Waals surface area contributed by atoms with Crippen molar-refractivity contribution in [2.45, 2.75) is 59.3 Å². The number of aryl methyl sites for hydroxylation is 1. The molecule has 0 radical (unpaired) electrons. The molecule has 2 rings (SSSR count). The number of rotatable bonds is 6. The molecule has 0 saturated heterocycles. The molecular weight excluding hydrogens is 360 g/mol. The quantitative estimate of drug-likeness (QED) is 0.640. The highest BCUT2D eigenvalue weighted by molar-refractivity contribution is 6.02. The third kappa shape index (κ3) is 5.63. The Morgan fingerprint density at radius 2 is 1.50 bits per heavy atom. The number of carbonyl (C=O) groups excluding carboxylic acids is 2. The van der Waals surface area contributed by atoms with Crippen LogP contribution in [0.3, 0.4) is 0 Å². The fourth-order valence-electron chi connectivity index (χ4n) is 3.58. The van der Waals surface area contributed by atoms with Crippen LogP contribution in [0.25, 0.3) is 0 Å². The Bertz CT molecular complexity index is 657. The van der Waals surface area contributed by atoms with Gasteiger partial charge < -0.3 is 20.1 Å². The molecule has 0 heterocycles. The number of aliphatic hydroxyl groups excluding tert-OH is 3. The van der Waals surface area contributed by atoms with Gasteiger partial charge in [-0.15, -0.1) is 0 Å². The van der Waals surface area contributed by atoms with E-state index in [0.717, 1.165) is 28.0 Å². The Hall–Kier alpha value is -1.76. The first-order valence-corrected chi connectivity index (χ1v) is 9.69. The summed E-state index contributed by atoms with van der Waals surface area (Å²) in [5.74, 6) is 1.03. The van der Waals surface area contributed by atoms with Gasteiger partial charge in [0.05, 0.1) is 33.4 Å². The van der Waals surface area contributed by atoms with Gasteiger partial charge in [0.1, 0.15) is 17.3 Å². The highest BCUT2D eigenvalue weighted by Crippen LogP contribution is 2.37. The Labute approximate surface area is 167 Å². The fourth-order valence-corrected chi connectivity index (χ4v) is 3.58. The molecule has 0 aromatic heterocycles. The summed E-state index contributed by atoms with van der Waals surface area (Å²) in [6.07, 6.45) is 1.68. The van der Waals surface area contributed by atoms with Crippen molar-refractivity contribution in [2.75, 3.05) is 26.9 Å². The molecule has 158 valence electrons. The molecular formula is C22H34O6. The van der Waals surface area contributed by atoms with Crippen molar-refractivity contribution in [1.29, 1.82) is 0 Å². The summed E-state index contributed by atoms with van der Waals surface area (Å²) in [5, 5.41) is 26.0. The van der Waals surface area contributed by atoms with Gasteiger partial charge in [-0.1, -0.05) is 6.92 Å². The van der Waals surface area contributed by atoms with Crippen LogP contribution in [-0.2, 0) is 9.59 Å².